The number of hydrogen-bond acceptors (Lipinski definition) is 4. The van der Waals surface area contributed by atoms with Gasteiger partial charge in [0, 0.05) is 31.9 Å². The summed E-state index contributed by atoms with van der Waals surface area (Å²) in [5.74, 6) is 0.168. The van der Waals surface area contributed by atoms with Gasteiger partial charge < -0.3 is 20.6 Å². The molecule has 2 atom stereocenters. The van der Waals surface area contributed by atoms with Gasteiger partial charge in [0.2, 0.25) is 0 Å². The van der Waals surface area contributed by atoms with E-state index < -0.39 is 6.10 Å². The molecule has 0 spiro atoms. The Labute approximate surface area is 142 Å². The molecule has 3 N–H and O–H groups in total. The second-order valence-electron chi connectivity index (χ2n) is 6.24. The first-order valence-electron chi connectivity index (χ1n) is 8.63. The molecule has 2 rings (SSSR count). The lowest BCUT2D eigenvalue weighted by molar-refractivity contribution is 0.103. The van der Waals surface area contributed by atoms with Crippen molar-refractivity contribution < 1.29 is 14.3 Å². The first-order valence-corrected chi connectivity index (χ1v) is 8.63. The number of aliphatic hydroxyl groups excluding tert-OH is 1. The minimum absolute atomic E-state index is 0.0586. The molecule has 1 saturated heterocycles. The molecule has 2 heterocycles. The third-order valence-electron chi connectivity index (χ3n) is 4.63. The summed E-state index contributed by atoms with van der Waals surface area (Å²) in [5, 5.41) is 15.6. The molecule has 134 valence electrons. The third-order valence-corrected chi connectivity index (χ3v) is 4.63. The zero-order chi connectivity index (χ0) is 17.5. The minimum atomic E-state index is -0.534. The maximum Gasteiger partial charge on any atom is 0.315 e. The third kappa shape index (κ3) is 4.80. The van der Waals surface area contributed by atoms with E-state index in [-0.39, 0.29) is 30.4 Å². The Morgan fingerprint density at radius 1 is 1.50 bits per heavy atom. The topological polar surface area (TPSA) is 77.5 Å². The van der Waals surface area contributed by atoms with Crippen molar-refractivity contribution in [2.24, 2.45) is 5.92 Å². The first kappa shape index (κ1) is 18.4. The zero-order valence-electron chi connectivity index (χ0n) is 14.3. The van der Waals surface area contributed by atoms with Gasteiger partial charge in [-0.1, -0.05) is 26.7 Å². The van der Waals surface area contributed by atoms with E-state index in [1.54, 1.807) is 12.3 Å². The number of anilines is 1. The van der Waals surface area contributed by atoms with Crippen LogP contribution in [0.1, 0.15) is 33.1 Å². The van der Waals surface area contributed by atoms with E-state index in [0.29, 0.717) is 18.9 Å². The fourth-order valence-corrected chi connectivity index (χ4v) is 3.11. The number of amides is 2. The highest BCUT2D eigenvalue weighted by Gasteiger charge is 2.26. The molecular formula is C17H27FN4O2. The Kier molecular flexibility index (Phi) is 6.78. The van der Waals surface area contributed by atoms with Gasteiger partial charge in [-0.3, -0.25) is 0 Å². The first-order chi connectivity index (χ1) is 11.5. The molecule has 6 nitrogen and oxygen atoms in total. The predicted octanol–water partition coefficient (Wildman–Crippen LogP) is 1.90. The van der Waals surface area contributed by atoms with Crippen LogP contribution in [-0.4, -0.2) is 47.9 Å². The van der Waals surface area contributed by atoms with Crippen LogP contribution in [0, 0.1) is 11.7 Å². The molecule has 0 radical (unpaired) electrons. The number of aromatic nitrogens is 1. The molecule has 1 aromatic heterocycles. The summed E-state index contributed by atoms with van der Waals surface area (Å²) in [7, 11) is 0. The molecule has 24 heavy (non-hydrogen) atoms. The number of halogens is 1. The average molecular weight is 338 g/mol. The number of pyridine rings is 1. The van der Waals surface area contributed by atoms with Crippen LogP contribution >= 0.6 is 0 Å². The normalized spacial score (nSPS) is 18.7. The summed E-state index contributed by atoms with van der Waals surface area (Å²) in [5.41, 5.74) is 0. The molecule has 1 aliphatic heterocycles. The van der Waals surface area contributed by atoms with Gasteiger partial charge in [-0.25, -0.2) is 14.2 Å². The van der Waals surface area contributed by atoms with E-state index in [1.165, 1.54) is 6.07 Å². The second kappa shape index (κ2) is 8.82. The monoisotopic (exact) mass is 338 g/mol. The number of aliphatic hydroxyl groups is 1. The molecule has 0 aromatic carbocycles. The average Bonchev–Trinajstić information content (AvgIpc) is 3.02. The van der Waals surface area contributed by atoms with Gasteiger partial charge in [-0.05, 0) is 24.5 Å². The van der Waals surface area contributed by atoms with Gasteiger partial charge in [-0.15, -0.1) is 0 Å². The smallest absolute Gasteiger partial charge is 0.315 e. The number of nitrogens with one attached hydrogen (secondary N) is 2. The summed E-state index contributed by atoms with van der Waals surface area (Å²) in [6.45, 7) is 5.47. The molecule has 1 aliphatic rings. The summed E-state index contributed by atoms with van der Waals surface area (Å²) in [6, 6.07) is 2.59. The number of urea groups is 1. The van der Waals surface area contributed by atoms with E-state index in [2.05, 4.69) is 15.6 Å². The van der Waals surface area contributed by atoms with Crippen molar-refractivity contribution in [2.45, 2.75) is 45.3 Å². The van der Waals surface area contributed by atoms with Crippen LogP contribution < -0.4 is 15.5 Å². The van der Waals surface area contributed by atoms with Crippen molar-refractivity contribution >= 4 is 11.8 Å². The lowest BCUT2D eigenvalue weighted by atomic mass is 9.97. The predicted molar refractivity (Wildman–Crippen MR) is 91.4 cm³/mol. The van der Waals surface area contributed by atoms with Gasteiger partial charge in [0.15, 0.2) is 11.6 Å². The lowest BCUT2D eigenvalue weighted by Gasteiger charge is -2.21. The summed E-state index contributed by atoms with van der Waals surface area (Å²) < 4.78 is 13.8. The molecule has 1 fully saturated rings. The van der Waals surface area contributed by atoms with Gasteiger partial charge in [0.25, 0.3) is 0 Å². The molecular weight excluding hydrogens is 311 g/mol. The fourth-order valence-electron chi connectivity index (χ4n) is 3.11. The highest BCUT2D eigenvalue weighted by molar-refractivity contribution is 5.74. The Morgan fingerprint density at radius 2 is 2.25 bits per heavy atom. The zero-order valence-corrected chi connectivity index (χ0v) is 14.3. The van der Waals surface area contributed by atoms with Crippen LogP contribution in [0.5, 0.6) is 0 Å². The van der Waals surface area contributed by atoms with E-state index in [9.17, 15) is 14.3 Å². The largest absolute Gasteiger partial charge is 0.391 e. The highest BCUT2D eigenvalue weighted by atomic mass is 19.1. The second-order valence-corrected chi connectivity index (χ2v) is 6.24. The minimum Gasteiger partial charge on any atom is -0.391 e. The van der Waals surface area contributed by atoms with E-state index in [4.69, 9.17) is 0 Å². The molecule has 2 unspecified atom stereocenters. The number of nitrogens with zero attached hydrogens (tertiary/aromatic N) is 2. The van der Waals surface area contributed by atoms with Crippen LogP contribution in [0.3, 0.4) is 0 Å². The highest BCUT2D eigenvalue weighted by Crippen LogP contribution is 2.20. The number of carbonyl (C=O) groups is 1. The standard InChI is InChI=1S/C17H27FN4O2/c1-3-12(4-2)15(23)10-20-17(24)21-13-7-9-22(11-13)16-14(18)6-5-8-19-16/h5-6,8,12-13,15,23H,3-4,7,9-11H2,1-2H3,(H2,20,21,24). The van der Waals surface area contributed by atoms with Gasteiger partial charge in [-0.2, -0.15) is 0 Å². The number of carbonyl (C=O) groups excluding carboxylic acids is 1. The Hall–Kier alpha value is -1.89. The molecule has 0 aliphatic carbocycles. The maximum atomic E-state index is 13.8. The maximum absolute atomic E-state index is 13.8. The summed E-state index contributed by atoms with van der Waals surface area (Å²) >= 11 is 0. The van der Waals surface area contributed by atoms with Crippen molar-refractivity contribution in [1.82, 2.24) is 15.6 Å². The Bertz CT molecular complexity index is 539. The number of hydrogen-bond donors (Lipinski definition) is 3. The molecule has 2 amide bonds. The van der Waals surface area contributed by atoms with Crippen molar-refractivity contribution in [3.63, 3.8) is 0 Å². The van der Waals surface area contributed by atoms with Crippen LogP contribution in [0.25, 0.3) is 0 Å². The van der Waals surface area contributed by atoms with Crippen molar-refractivity contribution in [1.29, 1.82) is 0 Å². The lowest BCUT2D eigenvalue weighted by Crippen LogP contribution is -2.46. The Balaban J connectivity index is 1.77. The number of rotatable bonds is 7. The van der Waals surface area contributed by atoms with E-state index in [1.807, 2.05) is 18.7 Å². The quantitative estimate of drug-likeness (QED) is 0.710. The van der Waals surface area contributed by atoms with Crippen LogP contribution in [0.2, 0.25) is 0 Å². The van der Waals surface area contributed by atoms with Crippen LogP contribution in [-0.2, 0) is 0 Å². The van der Waals surface area contributed by atoms with E-state index in [0.717, 1.165) is 19.3 Å². The molecule has 7 heteroatoms. The summed E-state index contributed by atoms with van der Waals surface area (Å²) in [6.07, 6.45) is 3.53. The summed E-state index contributed by atoms with van der Waals surface area (Å²) in [4.78, 5) is 17.9. The van der Waals surface area contributed by atoms with Gasteiger partial charge in [0.05, 0.1) is 6.10 Å². The fraction of sp³-hybridized carbons (Fsp3) is 0.647. The molecule has 0 saturated carbocycles. The van der Waals surface area contributed by atoms with Crippen LogP contribution in [0.4, 0.5) is 15.0 Å². The molecule has 0 bridgehead atoms. The SMILES string of the molecule is CCC(CC)C(O)CNC(=O)NC1CCN(c2ncccc2F)C1. The van der Waals surface area contributed by atoms with Gasteiger partial charge in [0.1, 0.15) is 0 Å². The molecule has 1 aromatic rings. The van der Waals surface area contributed by atoms with E-state index >= 15 is 0 Å². The van der Waals surface area contributed by atoms with Crippen molar-refractivity contribution in [3.8, 4) is 0 Å². The van der Waals surface area contributed by atoms with Crippen molar-refractivity contribution in [2.75, 3.05) is 24.5 Å². The van der Waals surface area contributed by atoms with Gasteiger partial charge >= 0.3 is 6.03 Å². The Morgan fingerprint density at radius 3 is 2.92 bits per heavy atom. The van der Waals surface area contributed by atoms with Crippen LogP contribution in [0.15, 0.2) is 18.3 Å². The van der Waals surface area contributed by atoms with Crippen molar-refractivity contribution in [3.05, 3.63) is 24.1 Å².